The summed E-state index contributed by atoms with van der Waals surface area (Å²) in [6.45, 7) is 6.17. The number of aromatic nitrogens is 2. The fourth-order valence-electron chi connectivity index (χ4n) is 4.56. The number of carboxylic acids is 1. The number of nitrogens with one attached hydrogen (secondary N) is 1. The van der Waals surface area contributed by atoms with Gasteiger partial charge in [0, 0.05) is 51.6 Å². The molecule has 1 aliphatic heterocycles. The second-order valence-electron chi connectivity index (χ2n) is 9.08. The maximum Gasteiger partial charge on any atom is 0.335 e. The molecule has 4 rings (SSSR count). The first kappa shape index (κ1) is 25.2. The van der Waals surface area contributed by atoms with Gasteiger partial charge in [-0.2, -0.15) is 0 Å². The van der Waals surface area contributed by atoms with Gasteiger partial charge in [-0.25, -0.2) is 9.78 Å². The van der Waals surface area contributed by atoms with Gasteiger partial charge in [0.25, 0.3) is 5.56 Å². The number of ether oxygens (including phenoxy) is 1. The Kier molecular flexibility index (Phi) is 7.25. The third-order valence-corrected chi connectivity index (χ3v) is 6.50. The van der Waals surface area contributed by atoms with E-state index in [1.807, 2.05) is 30.9 Å². The number of aryl methyl sites for hydroxylation is 1. The summed E-state index contributed by atoms with van der Waals surface area (Å²) in [4.78, 5) is 45.4. The van der Waals surface area contributed by atoms with Crippen molar-refractivity contribution < 1.29 is 19.4 Å². The molecular formula is C26H31N5O5. The highest BCUT2D eigenvalue weighted by Gasteiger charge is 2.25. The highest BCUT2D eigenvalue weighted by molar-refractivity contribution is 5.88. The minimum absolute atomic E-state index is 0.0495. The molecule has 0 bridgehead atoms. The molecule has 3 aromatic rings. The average molecular weight is 494 g/mol. The number of benzene rings is 2. The molecule has 1 amide bonds. The lowest BCUT2D eigenvalue weighted by Gasteiger charge is -2.36. The number of rotatable bonds is 7. The van der Waals surface area contributed by atoms with Crippen LogP contribution in [0, 0.1) is 6.92 Å². The van der Waals surface area contributed by atoms with Crippen LogP contribution >= 0.6 is 0 Å². The molecule has 1 unspecified atom stereocenters. The Hall–Kier alpha value is -3.92. The van der Waals surface area contributed by atoms with Crippen LogP contribution < -0.4 is 15.8 Å². The van der Waals surface area contributed by atoms with Crippen LogP contribution in [0.2, 0.25) is 0 Å². The first-order valence-corrected chi connectivity index (χ1v) is 11.8. The summed E-state index contributed by atoms with van der Waals surface area (Å²) < 4.78 is 6.53. The molecule has 36 heavy (non-hydrogen) atoms. The Labute approximate surface area is 209 Å². The van der Waals surface area contributed by atoms with Crippen LogP contribution in [-0.2, 0) is 16.6 Å². The van der Waals surface area contributed by atoms with Gasteiger partial charge < -0.3 is 25.0 Å². The van der Waals surface area contributed by atoms with Crippen molar-refractivity contribution in [3.8, 4) is 0 Å². The zero-order valence-electron chi connectivity index (χ0n) is 20.9. The van der Waals surface area contributed by atoms with Crippen molar-refractivity contribution in [3.63, 3.8) is 0 Å². The summed E-state index contributed by atoms with van der Waals surface area (Å²) in [6.07, 6.45) is 0. The largest absolute Gasteiger partial charge is 0.478 e. The Morgan fingerprint density at radius 3 is 2.42 bits per heavy atom. The molecule has 10 heteroatoms. The van der Waals surface area contributed by atoms with E-state index in [2.05, 4.69) is 5.32 Å². The highest BCUT2D eigenvalue weighted by atomic mass is 16.5. The van der Waals surface area contributed by atoms with Gasteiger partial charge in [-0.15, -0.1) is 0 Å². The molecule has 1 aromatic heterocycles. The zero-order valence-corrected chi connectivity index (χ0v) is 20.9. The normalized spacial score (nSPS) is 14.7. The van der Waals surface area contributed by atoms with Crippen molar-refractivity contribution in [1.29, 1.82) is 0 Å². The summed E-state index contributed by atoms with van der Waals surface area (Å²) in [5, 5.41) is 13.1. The van der Waals surface area contributed by atoms with Crippen LogP contribution in [0.1, 0.15) is 34.5 Å². The van der Waals surface area contributed by atoms with Crippen LogP contribution in [0.3, 0.4) is 0 Å². The second kappa shape index (κ2) is 10.4. The molecule has 1 fully saturated rings. The van der Waals surface area contributed by atoms with Crippen molar-refractivity contribution >= 4 is 34.4 Å². The molecule has 2 N–H and O–H groups in total. The fourth-order valence-corrected chi connectivity index (χ4v) is 4.56. The Morgan fingerprint density at radius 2 is 1.81 bits per heavy atom. The Bertz CT molecular complexity index is 1340. The fraction of sp³-hybridized carbons (Fsp3) is 0.385. The number of hydrogen-bond donors (Lipinski definition) is 2. The molecular weight excluding hydrogens is 462 g/mol. The third kappa shape index (κ3) is 5.03. The maximum atomic E-state index is 13.4. The summed E-state index contributed by atoms with van der Waals surface area (Å²) in [6, 6.07) is 10.2. The van der Waals surface area contributed by atoms with Crippen molar-refractivity contribution in [2.45, 2.75) is 19.9 Å². The SMILES string of the molecule is COCC(=O)N1CCN(c2nc3c(C(C)Nc4ccc(C(=O)O)cc4)cc(C)cc3c(=O)n2C)CC1. The van der Waals surface area contributed by atoms with Crippen LogP contribution in [0.15, 0.2) is 41.2 Å². The van der Waals surface area contributed by atoms with Crippen molar-refractivity contribution in [2.75, 3.05) is 50.1 Å². The van der Waals surface area contributed by atoms with Gasteiger partial charge in [0.15, 0.2) is 0 Å². The molecule has 2 heterocycles. The van der Waals surface area contributed by atoms with Crippen LogP contribution in [0.25, 0.3) is 10.9 Å². The van der Waals surface area contributed by atoms with Gasteiger partial charge >= 0.3 is 5.97 Å². The van der Waals surface area contributed by atoms with Gasteiger partial charge in [-0.05, 0) is 49.7 Å². The number of nitrogens with zero attached hydrogens (tertiary/aromatic N) is 4. The van der Waals surface area contributed by atoms with Gasteiger partial charge in [0.1, 0.15) is 6.61 Å². The minimum atomic E-state index is -0.976. The van der Waals surface area contributed by atoms with Crippen LogP contribution in [-0.4, -0.2) is 71.3 Å². The van der Waals surface area contributed by atoms with Crippen LogP contribution in [0.4, 0.5) is 11.6 Å². The molecule has 190 valence electrons. The van der Waals surface area contributed by atoms with E-state index in [0.29, 0.717) is 43.0 Å². The molecule has 1 atom stereocenters. The number of aromatic carboxylic acids is 1. The second-order valence-corrected chi connectivity index (χ2v) is 9.08. The van der Waals surface area contributed by atoms with Gasteiger partial charge in [-0.1, -0.05) is 6.07 Å². The minimum Gasteiger partial charge on any atom is -0.478 e. The topological polar surface area (TPSA) is 117 Å². The maximum absolute atomic E-state index is 13.4. The van der Waals surface area contributed by atoms with Crippen molar-refractivity contribution in [3.05, 3.63) is 63.4 Å². The first-order chi connectivity index (χ1) is 17.2. The lowest BCUT2D eigenvalue weighted by atomic mass is 10.0. The first-order valence-electron chi connectivity index (χ1n) is 11.8. The molecule has 0 spiro atoms. The number of methoxy groups -OCH3 is 1. The van der Waals surface area contributed by atoms with E-state index in [1.165, 1.54) is 7.11 Å². The predicted octanol–water partition coefficient (Wildman–Crippen LogP) is 2.41. The average Bonchev–Trinajstić information content (AvgIpc) is 2.86. The van der Waals surface area contributed by atoms with E-state index in [1.54, 1.807) is 40.8 Å². The molecule has 1 saturated heterocycles. The monoisotopic (exact) mass is 493 g/mol. The quantitative estimate of drug-likeness (QED) is 0.515. The lowest BCUT2D eigenvalue weighted by molar-refractivity contribution is -0.135. The summed E-state index contributed by atoms with van der Waals surface area (Å²) in [5.74, 6) is -0.461. The van der Waals surface area contributed by atoms with Crippen molar-refractivity contribution in [1.82, 2.24) is 14.5 Å². The molecule has 10 nitrogen and oxygen atoms in total. The number of piperazine rings is 1. The van der Waals surface area contributed by atoms with Crippen LogP contribution in [0.5, 0.6) is 0 Å². The summed E-state index contributed by atoms with van der Waals surface area (Å²) in [5.41, 5.74) is 3.30. The van der Waals surface area contributed by atoms with E-state index in [9.17, 15) is 14.4 Å². The summed E-state index contributed by atoms with van der Waals surface area (Å²) >= 11 is 0. The zero-order chi connectivity index (χ0) is 26.0. The standard InChI is InChI=1S/C26H31N5O5/c1-16-13-20(17(2)27-19-7-5-18(6-8-19)25(34)35)23-21(14-16)24(33)29(3)26(28-23)31-11-9-30(10-12-31)22(32)15-36-4/h5-8,13-14,17,27H,9-12,15H2,1-4H3,(H,34,35). The van der Waals surface area contributed by atoms with Gasteiger partial charge in [-0.3, -0.25) is 14.2 Å². The number of hydrogen-bond acceptors (Lipinski definition) is 7. The van der Waals surface area contributed by atoms with E-state index in [4.69, 9.17) is 14.8 Å². The van der Waals surface area contributed by atoms with E-state index >= 15 is 0 Å². The number of carbonyl (C=O) groups is 2. The lowest BCUT2D eigenvalue weighted by Crippen LogP contribution is -2.51. The number of fused-ring (bicyclic) bond motifs is 1. The Balaban J connectivity index is 1.66. The number of anilines is 2. The number of carboxylic acid groups (broad SMARTS) is 1. The molecule has 0 saturated carbocycles. The predicted molar refractivity (Wildman–Crippen MR) is 138 cm³/mol. The summed E-state index contributed by atoms with van der Waals surface area (Å²) in [7, 11) is 3.23. The van der Waals surface area contributed by atoms with E-state index in [-0.39, 0.29) is 29.7 Å². The highest BCUT2D eigenvalue weighted by Crippen LogP contribution is 2.28. The van der Waals surface area contributed by atoms with E-state index in [0.717, 1.165) is 16.8 Å². The van der Waals surface area contributed by atoms with Crippen molar-refractivity contribution in [2.24, 2.45) is 7.05 Å². The Morgan fingerprint density at radius 1 is 1.14 bits per heavy atom. The molecule has 2 aromatic carbocycles. The third-order valence-electron chi connectivity index (χ3n) is 6.50. The molecule has 1 aliphatic rings. The molecule has 0 aliphatic carbocycles. The number of amides is 1. The smallest absolute Gasteiger partial charge is 0.335 e. The number of carbonyl (C=O) groups excluding carboxylic acids is 1. The van der Waals surface area contributed by atoms with Gasteiger partial charge in [0.2, 0.25) is 11.9 Å². The molecule has 0 radical (unpaired) electrons. The van der Waals surface area contributed by atoms with Gasteiger partial charge in [0.05, 0.1) is 22.5 Å². The van der Waals surface area contributed by atoms with E-state index < -0.39 is 5.97 Å².